The Morgan fingerprint density at radius 3 is 2.62 bits per heavy atom. The largest absolute Gasteiger partial charge is 0.508 e. The lowest BCUT2D eigenvalue weighted by molar-refractivity contribution is -0.131. The second-order valence-corrected chi connectivity index (χ2v) is 6.77. The highest BCUT2D eigenvalue weighted by atomic mass is 16.3. The van der Waals surface area contributed by atoms with E-state index in [4.69, 9.17) is 0 Å². The molecular weight excluding hydrogens is 374 g/mol. The van der Waals surface area contributed by atoms with E-state index in [9.17, 15) is 19.5 Å². The van der Waals surface area contributed by atoms with Gasteiger partial charge in [-0.1, -0.05) is 24.3 Å². The van der Waals surface area contributed by atoms with Crippen LogP contribution in [0, 0.1) is 0 Å². The summed E-state index contributed by atoms with van der Waals surface area (Å²) >= 11 is 0. The molecule has 1 aliphatic heterocycles. The normalized spacial score (nSPS) is 14.8. The predicted molar refractivity (Wildman–Crippen MR) is 104 cm³/mol. The number of aromatic amines is 1. The van der Waals surface area contributed by atoms with Crippen LogP contribution in [-0.4, -0.2) is 50.9 Å². The van der Waals surface area contributed by atoms with Gasteiger partial charge in [-0.15, -0.1) is 0 Å². The van der Waals surface area contributed by atoms with Crippen molar-refractivity contribution < 1.29 is 19.5 Å². The van der Waals surface area contributed by atoms with Crippen LogP contribution in [0.15, 0.2) is 48.5 Å². The number of aromatic hydroxyl groups is 1. The first kappa shape index (κ1) is 18.5. The number of aromatic nitrogens is 2. The Morgan fingerprint density at radius 1 is 1.17 bits per heavy atom. The van der Waals surface area contributed by atoms with Crippen LogP contribution in [0.3, 0.4) is 0 Å². The van der Waals surface area contributed by atoms with Crippen LogP contribution in [-0.2, 0) is 16.0 Å². The van der Waals surface area contributed by atoms with Gasteiger partial charge in [-0.25, -0.2) is 9.78 Å². The summed E-state index contributed by atoms with van der Waals surface area (Å²) in [5.41, 5.74) is 2.48. The zero-order valence-corrected chi connectivity index (χ0v) is 15.4. The number of urea groups is 1. The molecule has 9 nitrogen and oxygen atoms in total. The Labute approximate surface area is 165 Å². The van der Waals surface area contributed by atoms with Gasteiger partial charge in [0.1, 0.15) is 18.1 Å². The molecule has 148 valence electrons. The van der Waals surface area contributed by atoms with Crippen molar-refractivity contribution in [1.29, 1.82) is 0 Å². The summed E-state index contributed by atoms with van der Waals surface area (Å²) in [4.78, 5) is 44.6. The number of H-pyrrole nitrogens is 1. The lowest BCUT2D eigenvalue weighted by Crippen LogP contribution is -2.42. The molecule has 4 amide bonds. The number of imidazole rings is 1. The van der Waals surface area contributed by atoms with Crippen LogP contribution >= 0.6 is 0 Å². The highest BCUT2D eigenvalue weighted by Gasteiger charge is 2.31. The lowest BCUT2D eigenvalue weighted by Gasteiger charge is -2.19. The van der Waals surface area contributed by atoms with Crippen LogP contribution in [0.4, 0.5) is 4.79 Å². The number of hydrogen-bond acceptors (Lipinski definition) is 5. The summed E-state index contributed by atoms with van der Waals surface area (Å²) in [5.74, 6) is -0.204. The van der Waals surface area contributed by atoms with E-state index in [1.54, 1.807) is 24.3 Å². The van der Waals surface area contributed by atoms with E-state index in [0.29, 0.717) is 12.2 Å². The number of carbonyl (C=O) groups excluding carboxylic acids is 3. The fraction of sp³-hybridized carbons (Fsp3) is 0.200. The highest BCUT2D eigenvalue weighted by Crippen LogP contribution is 2.21. The summed E-state index contributed by atoms with van der Waals surface area (Å²) in [6, 6.07) is 13.1. The summed E-state index contributed by atoms with van der Waals surface area (Å²) in [7, 11) is 0. The molecule has 0 saturated carbocycles. The standard InChI is InChI=1S/C20H19N5O4/c26-13-7-5-12(6-8-13)9-16(19-23-14-3-1-2-4-15(14)24-19)22-17(27)11-25-18(28)10-21-20(25)29/h1-8,16,26H,9-11H2,(H,21,29)(H,22,27)(H,23,24). The maximum absolute atomic E-state index is 12.6. The number of fused-ring (bicyclic) bond motifs is 1. The molecule has 2 heterocycles. The van der Waals surface area contributed by atoms with Crippen LogP contribution < -0.4 is 10.6 Å². The molecule has 2 aromatic carbocycles. The Hall–Kier alpha value is -3.88. The SMILES string of the molecule is O=C(CN1C(=O)CNC1=O)NC(Cc1ccc(O)cc1)c1nc2ccccc2[nH]1. The first-order valence-electron chi connectivity index (χ1n) is 9.10. The van der Waals surface area contributed by atoms with Crippen molar-refractivity contribution in [3.8, 4) is 5.75 Å². The number of para-hydroxylation sites is 2. The van der Waals surface area contributed by atoms with Gasteiger partial charge in [-0.3, -0.25) is 14.5 Å². The van der Waals surface area contributed by atoms with E-state index in [1.807, 2.05) is 24.3 Å². The Bertz CT molecular complexity index is 1030. The minimum atomic E-state index is -0.580. The molecule has 0 aliphatic carbocycles. The van der Waals surface area contributed by atoms with Crippen LogP contribution in [0.2, 0.25) is 0 Å². The second-order valence-electron chi connectivity index (χ2n) is 6.77. The number of nitrogens with one attached hydrogen (secondary N) is 3. The smallest absolute Gasteiger partial charge is 0.325 e. The van der Waals surface area contributed by atoms with E-state index in [0.717, 1.165) is 21.5 Å². The van der Waals surface area contributed by atoms with E-state index in [2.05, 4.69) is 20.6 Å². The minimum absolute atomic E-state index is 0.105. The average Bonchev–Trinajstić information content (AvgIpc) is 3.28. The number of imide groups is 1. The maximum Gasteiger partial charge on any atom is 0.325 e. The highest BCUT2D eigenvalue weighted by molar-refractivity contribution is 6.04. The third-order valence-corrected chi connectivity index (χ3v) is 4.69. The van der Waals surface area contributed by atoms with Gasteiger partial charge in [0.25, 0.3) is 5.91 Å². The van der Waals surface area contributed by atoms with Gasteiger partial charge in [0.2, 0.25) is 5.91 Å². The number of hydrogen-bond donors (Lipinski definition) is 4. The predicted octanol–water partition coefficient (Wildman–Crippen LogP) is 1.22. The molecule has 1 saturated heterocycles. The fourth-order valence-corrected chi connectivity index (χ4v) is 3.22. The molecule has 3 aromatic rings. The number of nitrogens with zero attached hydrogens (tertiary/aromatic N) is 2. The van der Waals surface area contributed by atoms with Crippen LogP contribution in [0.5, 0.6) is 5.75 Å². The Morgan fingerprint density at radius 2 is 1.93 bits per heavy atom. The summed E-state index contributed by atoms with van der Waals surface area (Å²) in [5, 5.41) is 14.7. The molecule has 0 spiro atoms. The van der Waals surface area contributed by atoms with Gasteiger partial charge < -0.3 is 20.7 Å². The molecule has 4 rings (SSSR count). The molecule has 0 radical (unpaired) electrons. The molecule has 1 atom stereocenters. The van der Waals surface area contributed by atoms with Gasteiger partial charge in [-0.05, 0) is 36.2 Å². The molecule has 0 bridgehead atoms. The molecular formula is C20H19N5O4. The minimum Gasteiger partial charge on any atom is -0.508 e. The number of carbonyl (C=O) groups is 3. The molecule has 29 heavy (non-hydrogen) atoms. The molecule has 9 heteroatoms. The summed E-state index contributed by atoms with van der Waals surface area (Å²) < 4.78 is 0. The fourth-order valence-electron chi connectivity index (χ4n) is 3.22. The van der Waals surface area contributed by atoms with Gasteiger partial charge in [0, 0.05) is 0 Å². The molecule has 4 N–H and O–H groups in total. The summed E-state index contributed by atoms with van der Waals surface area (Å²) in [6.45, 7) is -0.469. The number of rotatable bonds is 6. The van der Waals surface area contributed by atoms with Crippen molar-refractivity contribution in [2.75, 3.05) is 13.1 Å². The second kappa shape index (κ2) is 7.63. The van der Waals surface area contributed by atoms with Crippen molar-refractivity contribution in [2.24, 2.45) is 0 Å². The van der Waals surface area contributed by atoms with Gasteiger partial charge >= 0.3 is 6.03 Å². The van der Waals surface area contributed by atoms with Crippen LogP contribution in [0.1, 0.15) is 17.4 Å². The third-order valence-electron chi connectivity index (χ3n) is 4.69. The van der Waals surface area contributed by atoms with E-state index in [1.165, 1.54) is 0 Å². The maximum atomic E-state index is 12.6. The monoisotopic (exact) mass is 393 g/mol. The lowest BCUT2D eigenvalue weighted by atomic mass is 10.1. The third kappa shape index (κ3) is 4.03. The Kier molecular flexibility index (Phi) is 4.86. The van der Waals surface area contributed by atoms with Crippen molar-refractivity contribution in [3.63, 3.8) is 0 Å². The van der Waals surface area contributed by atoms with E-state index < -0.39 is 23.9 Å². The molecule has 1 aliphatic rings. The topological polar surface area (TPSA) is 127 Å². The first-order valence-corrected chi connectivity index (χ1v) is 9.10. The van der Waals surface area contributed by atoms with Gasteiger partial charge in [-0.2, -0.15) is 0 Å². The van der Waals surface area contributed by atoms with Crippen molar-refractivity contribution in [2.45, 2.75) is 12.5 Å². The number of amides is 4. The van der Waals surface area contributed by atoms with Crippen LogP contribution in [0.25, 0.3) is 11.0 Å². The van der Waals surface area contributed by atoms with E-state index >= 15 is 0 Å². The quantitative estimate of drug-likeness (QED) is 0.468. The zero-order valence-electron chi connectivity index (χ0n) is 15.4. The number of phenols is 1. The van der Waals surface area contributed by atoms with E-state index in [-0.39, 0.29) is 18.8 Å². The summed E-state index contributed by atoms with van der Waals surface area (Å²) in [6.07, 6.45) is 0.409. The average molecular weight is 393 g/mol. The number of benzene rings is 2. The van der Waals surface area contributed by atoms with Gasteiger partial charge in [0.05, 0.1) is 23.6 Å². The first-order chi connectivity index (χ1) is 14.0. The van der Waals surface area contributed by atoms with Crippen molar-refractivity contribution >= 4 is 28.9 Å². The zero-order chi connectivity index (χ0) is 20.4. The molecule has 1 unspecified atom stereocenters. The molecule has 1 fully saturated rings. The van der Waals surface area contributed by atoms with Crippen molar-refractivity contribution in [1.82, 2.24) is 25.5 Å². The molecule has 1 aromatic heterocycles. The van der Waals surface area contributed by atoms with Gasteiger partial charge in [0.15, 0.2) is 0 Å². The number of phenolic OH excluding ortho intramolecular Hbond substituents is 1. The van der Waals surface area contributed by atoms with Crippen molar-refractivity contribution in [3.05, 3.63) is 59.9 Å². The Balaban J connectivity index is 1.57.